The molecule has 0 aromatic heterocycles. The Labute approximate surface area is 152 Å². The Morgan fingerprint density at radius 3 is 1.58 bits per heavy atom. The van der Waals surface area contributed by atoms with Crippen molar-refractivity contribution in [1.29, 1.82) is 0 Å². The van der Waals surface area contributed by atoms with Gasteiger partial charge in [0.25, 0.3) is 0 Å². The highest BCUT2D eigenvalue weighted by atomic mass is 35.5. The Kier molecular flexibility index (Phi) is 4.28. The molecule has 0 aliphatic heterocycles. The number of Topliss-reactive ketones (excluding diaryl/α,β-unsaturated/α-hetero) is 1. The van der Waals surface area contributed by atoms with Gasteiger partial charge in [-0.25, -0.2) is 0 Å². The second-order valence-corrected chi connectivity index (χ2v) is 8.13. The Balaban J connectivity index is 2.19. The lowest BCUT2D eigenvalue weighted by molar-refractivity contribution is -0.138. The van der Waals surface area contributed by atoms with E-state index in [9.17, 15) is 9.90 Å². The van der Waals surface area contributed by atoms with Crippen LogP contribution in [0, 0.1) is 5.41 Å². The molecule has 1 saturated carbocycles. The van der Waals surface area contributed by atoms with Crippen molar-refractivity contribution in [3.8, 4) is 0 Å². The smallest absolute Gasteiger partial charge is 0.170 e. The number of carbonyl (C=O) groups is 1. The van der Waals surface area contributed by atoms with E-state index in [-0.39, 0.29) is 17.6 Å². The summed E-state index contributed by atoms with van der Waals surface area (Å²) in [6.45, 7) is 5.42. The summed E-state index contributed by atoms with van der Waals surface area (Å²) in [5.41, 5.74) is -0.234. The molecular formula is C20H20Cl2O2. The first-order chi connectivity index (χ1) is 11.2. The van der Waals surface area contributed by atoms with Crippen LogP contribution < -0.4 is 0 Å². The van der Waals surface area contributed by atoms with E-state index in [1.54, 1.807) is 19.1 Å². The zero-order chi connectivity index (χ0) is 17.7. The highest BCUT2D eigenvalue weighted by Crippen LogP contribution is 2.58. The van der Waals surface area contributed by atoms with Crippen LogP contribution in [0.25, 0.3) is 0 Å². The molecule has 2 aromatic carbocycles. The average Bonchev–Trinajstić information content (AvgIpc) is 2.67. The van der Waals surface area contributed by atoms with Gasteiger partial charge in [0.15, 0.2) is 5.78 Å². The van der Waals surface area contributed by atoms with E-state index in [1.165, 1.54) is 0 Å². The lowest BCUT2D eigenvalue weighted by Crippen LogP contribution is -2.38. The third-order valence-corrected chi connectivity index (χ3v) is 5.72. The van der Waals surface area contributed by atoms with Gasteiger partial charge in [0, 0.05) is 27.3 Å². The van der Waals surface area contributed by atoms with E-state index >= 15 is 0 Å². The maximum Gasteiger partial charge on any atom is 0.170 e. The first-order valence-corrected chi connectivity index (χ1v) is 8.69. The van der Waals surface area contributed by atoms with Crippen LogP contribution in [0.3, 0.4) is 0 Å². The van der Waals surface area contributed by atoms with E-state index in [1.807, 2.05) is 50.2 Å². The molecule has 2 nitrogen and oxygen atoms in total. The third-order valence-electron chi connectivity index (χ3n) is 5.22. The molecule has 1 fully saturated rings. The molecule has 0 saturated heterocycles. The molecule has 0 amide bonds. The molecular weight excluding hydrogens is 343 g/mol. The zero-order valence-corrected chi connectivity index (χ0v) is 15.4. The van der Waals surface area contributed by atoms with E-state index in [0.29, 0.717) is 10.0 Å². The number of carbonyl (C=O) groups excluding carboxylic acids is 1. The number of hydrogen-bond acceptors (Lipinski definition) is 2. The van der Waals surface area contributed by atoms with Gasteiger partial charge in [-0.05, 0) is 42.3 Å². The summed E-state index contributed by atoms with van der Waals surface area (Å²) >= 11 is 12.0. The fraction of sp³-hybridized carbons (Fsp3) is 0.350. The normalized spacial score (nSPS) is 29.0. The van der Waals surface area contributed by atoms with Gasteiger partial charge in [-0.1, -0.05) is 61.3 Å². The maximum absolute atomic E-state index is 12.9. The predicted molar refractivity (Wildman–Crippen MR) is 97.8 cm³/mol. The van der Waals surface area contributed by atoms with E-state index < -0.39 is 11.0 Å². The topological polar surface area (TPSA) is 37.3 Å². The molecule has 1 N–H and O–H groups in total. The minimum absolute atomic E-state index is 0.144. The van der Waals surface area contributed by atoms with Gasteiger partial charge in [-0.2, -0.15) is 0 Å². The number of halogens is 2. The van der Waals surface area contributed by atoms with Gasteiger partial charge in [0.05, 0.1) is 0 Å². The van der Waals surface area contributed by atoms with E-state index in [0.717, 1.165) is 11.1 Å². The predicted octanol–water partition coefficient (Wildman–Crippen LogP) is 5.22. The summed E-state index contributed by atoms with van der Waals surface area (Å²) in [7, 11) is 0. The van der Waals surface area contributed by atoms with E-state index in [2.05, 4.69) is 0 Å². The number of aliphatic hydroxyl groups is 1. The summed E-state index contributed by atoms with van der Waals surface area (Å²) in [5.74, 6) is -0.646. The van der Waals surface area contributed by atoms with Crippen LogP contribution in [0.15, 0.2) is 48.5 Å². The van der Waals surface area contributed by atoms with Crippen LogP contribution in [0.2, 0.25) is 10.0 Å². The molecule has 0 spiro atoms. The van der Waals surface area contributed by atoms with Crippen molar-refractivity contribution < 1.29 is 9.90 Å². The summed E-state index contributed by atoms with van der Waals surface area (Å²) in [6, 6.07) is 14.9. The van der Waals surface area contributed by atoms with E-state index in [4.69, 9.17) is 23.2 Å². The van der Waals surface area contributed by atoms with Crippen molar-refractivity contribution in [2.45, 2.75) is 38.2 Å². The number of benzene rings is 2. The van der Waals surface area contributed by atoms with Crippen LogP contribution in [0.1, 0.15) is 43.7 Å². The van der Waals surface area contributed by atoms with Crippen LogP contribution in [-0.4, -0.2) is 16.5 Å². The van der Waals surface area contributed by atoms with Gasteiger partial charge in [-0.15, -0.1) is 0 Å². The quantitative estimate of drug-likeness (QED) is 0.794. The van der Waals surface area contributed by atoms with Crippen molar-refractivity contribution in [1.82, 2.24) is 0 Å². The molecule has 24 heavy (non-hydrogen) atoms. The first-order valence-electron chi connectivity index (χ1n) is 7.94. The van der Waals surface area contributed by atoms with Gasteiger partial charge in [0.1, 0.15) is 5.60 Å². The fourth-order valence-corrected chi connectivity index (χ4v) is 4.39. The molecule has 1 aliphatic carbocycles. The number of ketones is 1. The average molecular weight is 363 g/mol. The summed E-state index contributed by atoms with van der Waals surface area (Å²) in [6.07, 6.45) is 0. The minimum atomic E-state index is -1.44. The highest BCUT2D eigenvalue weighted by molar-refractivity contribution is 6.30. The third kappa shape index (κ3) is 2.67. The van der Waals surface area contributed by atoms with Gasteiger partial charge >= 0.3 is 0 Å². The zero-order valence-electron chi connectivity index (χ0n) is 13.9. The molecule has 0 heterocycles. The molecule has 4 heteroatoms. The van der Waals surface area contributed by atoms with Crippen LogP contribution >= 0.6 is 23.2 Å². The SMILES string of the molecule is CC1(C)C(=O)[C@@](C)(O)[C@H](c2ccc(Cl)cc2)[C@H]1c1ccc(Cl)cc1. The highest BCUT2D eigenvalue weighted by Gasteiger charge is 2.61. The number of hydrogen-bond donors (Lipinski definition) is 1. The monoisotopic (exact) mass is 362 g/mol. The molecule has 1 aliphatic rings. The van der Waals surface area contributed by atoms with Crippen LogP contribution in [0.4, 0.5) is 0 Å². The largest absolute Gasteiger partial charge is 0.382 e. The van der Waals surface area contributed by atoms with Crippen molar-refractivity contribution in [3.05, 3.63) is 69.7 Å². The summed E-state index contributed by atoms with van der Waals surface area (Å²) in [5, 5.41) is 12.3. The summed E-state index contributed by atoms with van der Waals surface area (Å²) < 4.78 is 0. The fourth-order valence-electron chi connectivity index (χ4n) is 4.14. The lowest BCUT2D eigenvalue weighted by atomic mass is 9.72. The molecule has 2 aromatic rings. The molecule has 0 radical (unpaired) electrons. The van der Waals surface area contributed by atoms with Crippen molar-refractivity contribution in [2.24, 2.45) is 5.41 Å². The van der Waals surface area contributed by atoms with Crippen molar-refractivity contribution in [3.63, 3.8) is 0 Å². The van der Waals surface area contributed by atoms with Gasteiger partial charge in [0.2, 0.25) is 0 Å². The standard InChI is InChI=1S/C20H20Cl2O2/c1-19(2)16(12-4-8-14(21)9-5-12)17(20(3,24)18(19)23)13-6-10-15(22)11-7-13/h4-11,16-17,24H,1-3H3/t16-,17-,20+/m1/s1. The maximum atomic E-state index is 12.9. The molecule has 3 atom stereocenters. The Hall–Kier alpha value is -1.35. The Morgan fingerprint density at radius 1 is 0.792 bits per heavy atom. The Bertz CT molecular complexity index is 696. The molecule has 3 rings (SSSR count). The lowest BCUT2D eigenvalue weighted by Gasteiger charge is -2.31. The first kappa shape index (κ1) is 17.5. The van der Waals surface area contributed by atoms with Gasteiger partial charge in [-0.3, -0.25) is 4.79 Å². The Morgan fingerprint density at radius 2 is 1.17 bits per heavy atom. The van der Waals surface area contributed by atoms with Crippen LogP contribution in [0.5, 0.6) is 0 Å². The van der Waals surface area contributed by atoms with Gasteiger partial charge < -0.3 is 5.11 Å². The van der Waals surface area contributed by atoms with Crippen molar-refractivity contribution >= 4 is 29.0 Å². The van der Waals surface area contributed by atoms with Crippen LogP contribution in [-0.2, 0) is 4.79 Å². The number of rotatable bonds is 2. The second-order valence-electron chi connectivity index (χ2n) is 7.26. The second kappa shape index (κ2) is 5.87. The molecule has 0 bridgehead atoms. The van der Waals surface area contributed by atoms with Crippen molar-refractivity contribution in [2.75, 3.05) is 0 Å². The summed E-state index contributed by atoms with van der Waals surface area (Å²) in [4.78, 5) is 12.9. The minimum Gasteiger partial charge on any atom is -0.382 e. The molecule has 0 unspecified atom stereocenters. The molecule has 126 valence electrons.